The standard InChI is InChI=1S/C33H49FN6O3S/c1-23-21-38(33(4)12-16-37(17-13-33)32(41)30-24(2)35-22-36-25(30)3)18-19-40(23)31(27-6-5-7-28(34)20-27)26-10-14-39(15-11-26)44(42,43)29-8-9-29/h5-7,20,22-23,26,29,31-32,41H,8-19,21H2,1-4H3/t23-,31+,32+/m0/s1. The second-order valence-electron chi connectivity index (χ2n) is 13.9. The van der Waals surface area contributed by atoms with Gasteiger partial charge in [-0.25, -0.2) is 27.1 Å². The third-order valence-electron chi connectivity index (χ3n) is 11.0. The molecule has 0 amide bonds. The fraction of sp³-hybridized carbons (Fsp3) is 0.697. The van der Waals surface area contributed by atoms with Gasteiger partial charge in [-0.1, -0.05) is 12.1 Å². The molecule has 11 heteroatoms. The van der Waals surface area contributed by atoms with E-state index in [0.717, 1.165) is 93.8 Å². The molecule has 6 rings (SSSR count). The lowest BCUT2D eigenvalue weighted by atomic mass is 9.82. The normalized spacial score (nSPS) is 26.5. The van der Waals surface area contributed by atoms with Gasteiger partial charge < -0.3 is 5.11 Å². The Morgan fingerprint density at radius 2 is 1.64 bits per heavy atom. The predicted molar refractivity (Wildman–Crippen MR) is 169 cm³/mol. The summed E-state index contributed by atoms with van der Waals surface area (Å²) in [5.41, 5.74) is 3.50. The van der Waals surface area contributed by atoms with E-state index in [9.17, 15) is 17.9 Å². The maximum absolute atomic E-state index is 14.5. The summed E-state index contributed by atoms with van der Waals surface area (Å²) >= 11 is 0. The highest BCUT2D eigenvalue weighted by Gasteiger charge is 2.45. The zero-order valence-electron chi connectivity index (χ0n) is 26.7. The summed E-state index contributed by atoms with van der Waals surface area (Å²) in [6.45, 7) is 13.9. The molecule has 0 radical (unpaired) electrons. The highest BCUT2D eigenvalue weighted by molar-refractivity contribution is 7.90. The van der Waals surface area contributed by atoms with Crippen molar-refractivity contribution in [2.24, 2.45) is 5.92 Å². The molecule has 44 heavy (non-hydrogen) atoms. The first kappa shape index (κ1) is 31.9. The number of rotatable bonds is 8. The van der Waals surface area contributed by atoms with E-state index in [1.165, 1.54) is 6.07 Å². The first-order valence-electron chi connectivity index (χ1n) is 16.4. The van der Waals surface area contributed by atoms with Crippen molar-refractivity contribution < 1.29 is 17.9 Å². The quantitative estimate of drug-likeness (QED) is 0.469. The van der Waals surface area contributed by atoms with Crippen LogP contribution in [-0.4, -0.2) is 105 Å². The largest absolute Gasteiger partial charge is 0.374 e. The number of aromatic nitrogens is 2. The van der Waals surface area contributed by atoms with Crippen LogP contribution in [0, 0.1) is 25.6 Å². The molecule has 4 heterocycles. The van der Waals surface area contributed by atoms with Gasteiger partial charge in [0, 0.05) is 80.4 Å². The van der Waals surface area contributed by atoms with Crippen molar-refractivity contribution >= 4 is 10.0 Å². The fourth-order valence-corrected chi connectivity index (χ4v) is 9.92. The minimum absolute atomic E-state index is 0.0324. The maximum Gasteiger partial charge on any atom is 0.216 e. The second kappa shape index (κ2) is 12.6. The average Bonchev–Trinajstić information content (AvgIpc) is 3.85. The van der Waals surface area contributed by atoms with Crippen LogP contribution in [0.5, 0.6) is 0 Å². The number of sulfonamides is 1. The zero-order chi connectivity index (χ0) is 31.2. The molecule has 4 aliphatic rings. The molecule has 0 spiro atoms. The van der Waals surface area contributed by atoms with E-state index in [4.69, 9.17) is 0 Å². The van der Waals surface area contributed by atoms with Gasteiger partial charge in [0.05, 0.1) is 5.25 Å². The maximum atomic E-state index is 14.5. The second-order valence-corrected chi connectivity index (χ2v) is 16.1. The van der Waals surface area contributed by atoms with Crippen LogP contribution in [0.1, 0.15) is 87.2 Å². The summed E-state index contributed by atoms with van der Waals surface area (Å²) < 4.78 is 42.1. The number of hydrogen-bond donors (Lipinski definition) is 1. The van der Waals surface area contributed by atoms with Crippen LogP contribution in [0.2, 0.25) is 0 Å². The minimum Gasteiger partial charge on any atom is -0.374 e. The van der Waals surface area contributed by atoms with Gasteiger partial charge in [-0.2, -0.15) is 0 Å². The van der Waals surface area contributed by atoms with Crippen LogP contribution in [0.4, 0.5) is 4.39 Å². The third-order valence-corrected chi connectivity index (χ3v) is 13.4. The number of aryl methyl sites for hydroxylation is 2. The molecule has 1 N–H and O–H groups in total. The Balaban J connectivity index is 1.12. The van der Waals surface area contributed by atoms with Crippen molar-refractivity contribution in [2.45, 2.75) is 95.3 Å². The monoisotopic (exact) mass is 628 g/mol. The SMILES string of the molecule is Cc1ncnc(C)c1[C@@H](O)N1CCC(C)(N2CCN([C@@H](c3cccc(F)c3)C3CCN(S(=O)(=O)C4CC4)CC3)[C@@H](C)C2)CC1. The summed E-state index contributed by atoms with van der Waals surface area (Å²) in [5.74, 6) is 0.0482. The van der Waals surface area contributed by atoms with E-state index in [0.29, 0.717) is 13.1 Å². The molecule has 4 fully saturated rings. The van der Waals surface area contributed by atoms with E-state index in [1.807, 2.05) is 19.9 Å². The number of piperazine rings is 1. The molecule has 0 unspecified atom stereocenters. The van der Waals surface area contributed by atoms with Crippen molar-refractivity contribution in [3.63, 3.8) is 0 Å². The molecule has 3 atom stereocenters. The van der Waals surface area contributed by atoms with Gasteiger partial charge in [0.25, 0.3) is 0 Å². The molecule has 1 aliphatic carbocycles. The van der Waals surface area contributed by atoms with Crippen molar-refractivity contribution in [1.82, 2.24) is 29.0 Å². The molecule has 1 aromatic carbocycles. The van der Waals surface area contributed by atoms with Crippen LogP contribution in [-0.2, 0) is 10.0 Å². The molecule has 3 aliphatic heterocycles. The van der Waals surface area contributed by atoms with Gasteiger partial charge in [0.2, 0.25) is 10.0 Å². The van der Waals surface area contributed by atoms with Gasteiger partial charge in [-0.05, 0) is 89.8 Å². The Morgan fingerprint density at radius 1 is 0.977 bits per heavy atom. The van der Waals surface area contributed by atoms with E-state index >= 15 is 0 Å². The highest BCUT2D eigenvalue weighted by atomic mass is 32.2. The average molecular weight is 629 g/mol. The number of halogens is 1. The summed E-state index contributed by atoms with van der Waals surface area (Å²) in [6.07, 6.45) is 5.94. The van der Waals surface area contributed by atoms with Gasteiger partial charge in [-0.3, -0.25) is 14.7 Å². The number of benzene rings is 1. The van der Waals surface area contributed by atoms with Crippen LogP contribution in [0.15, 0.2) is 30.6 Å². The first-order valence-corrected chi connectivity index (χ1v) is 17.9. The van der Waals surface area contributed by atoms with Gasteiger partial charge in [-0.15, -0.1) is 0 Å². The topological polar surface area (TPSA) is 93.1 Å². The molecular formula is C33H49FN6O3S. The predicted octanol–water partition coefficient (Wildman–Crippen LogP) is 4.03. The molecule has 2 aromatic rings. The number of aliphatic hydroxyl groups is 1. The molecule has 0 bridgehead atoms. The Kier molecular flexibility index (Phi) is 9.18. The van der Waals surface area contributed by atoms with Crippen molar-refractivity contribution in [3.8, 4) is 0 Å². The zero-order valence-corrected chi connectivity index (χ0v) is 27.5. The summed E-state index contributed by atoms with van der Waals surface area (Å²) in [4.78, 5) is 16.0. The Morgan fingerprint density at radius 3 is 2.23 bits per heavy atom. The highest BCUT2D eigenvalue weighted by Crippen LogP contribution is 2.42. The van der Waals surface area contributed by atoms with E-state index < -0.39 is 16.3 Å². The first-order chi connectivity index (χ1) is 21.0. The van der Waals surface area contributed by atoms with Crippen molar-refractivity contribution in [3.05, 3.63) is 58.9 Å². The van der Waals surface area contributed by atoms with Gasteiger partial charge in [0.15, 0.2) is 0 Å². The van der Waals surface area contributed by atoms with E-state index in [-0.39, 0.29) is 34.6 Å². The van der Waals surface area contributed by atoms with Crippen molar-refractivity contribution in [2.75, 3.05) is 45.8 Å². The van der Waals surface area contributed by atoms with Crippen LogP contribution >= 0.6 is 0 Å². The lowest BCUT2D eigenvalue weighted by Crippen LogP contribution is -2.62. The Hall–Kier alpha value is -2.02. The van der Waals surface area contributed by atoms with Gasteiger partial charge in [0.1, 0.15) is 18.4 Å². The molecule has 1 saturated carbocycles. The van der Waals surface area contributed by atoms with E-state index in [1.54, 1.807) is 22.8 Å². The number of aliphatic hydroxyl groups excluding tert-OH is 1. The number of likely N-dealkylation sites (tertiary alicyclic amines) is 1. The lowest BCUT2D eigenvalue weighted by Gasteiger charge is -2.54. The van der Waals surface area contributed by atoms with Crippen LogP contribution < -0.4 is 0 Å². The number of hydrogen-bond acceptors (Lipinski definition) is 8. The summed E-state index contributed by atoms with van der Waals surface area (Å²) in [6, 6.07) is 7.35. The fourth-order valence-electron chi connectivity index (χ4n) is 8.05. The summed E-state index contributed by atoms with van der Waals surface area (Å²) in [7, 11) is -3.17. The molecular weight excluding hydrogens is 579 g/mol. The molecule has 242 valence electrons. The smallest absolute Gasteiger partial charge is 0.216 e. The summed E-state index contributed by atoms with van der Waals surface area (Å²) in [5, 5.41) is 11.1. The number of nitrogens with zero attached hydrogens (tertiary/aromatic N) is 6. The lowest BCUT2D eigenvalue weighted by molar-refractivity contribution is -0.0738. The molecule has 1 aromatic heterocycles. The third kappa shape index (κ3) is 6.33. The number of piperidine rings is 2. The van der Waals surface area contributed by atoms with Gasteiger partial charge >= 0.3 is 0 Å². The van der Waals surface area contributed by atoms with E-state index in [2.05, 4.69) is 38.5 Å². The van der Waals surface area contributed by atoms with Crippen LogP contribution in [0.25, 0.3) is 0 Å². The van der Waals surface area contributed by atoms with Crippen LogP contribution in [0.3, 0.4) is 0 Å². The van der Waals surface area contributed by atoms with Crippen molar-refractivity contribution in [1.29, 1.82) is 0 Å². The Labute approximate surface area is 262 Å². The Bertz CT molecular complexity index is 1400. The minimum atomic E-state index is -3.17. The molecule has 3 saturated heterocycles. The molecule has 9 nitrogen and oxygen atoms in total.